The largest absolute Gasteiger partial charge is 0.490 e. The van der Waals surface area contributed by atoms with E-state index in [0.29, 0.717) is 23.0 Å². The summed E-state index contributed by atoms with van der Waals surface area (Å²) >= 11 is 1.45. The van der Waals surface area contributed by atoms with Gasteiger partial charge in [-0.05, 0) is 61.7 Å². The summed E-state index contributed by atoms with van der Waals surface area (Å²) in [6, 6.07) is 5.55. The number of terminal acetylenes is 1. The van der Waals surface area contributed by atoms with Crippen LogP contribution in [0.1, 0.15) is 31.7 Å². The van der Waals surface area contributed by atoms with Crippen molar-refractivity contribution in [3.63, 3.8) is 0 Å². The fourth-order valence-corrected chi connectivity index (χ4v) is 3.86. The van der Waals surface area contributed by atoms with Gasteiger partial charge in [-0.1, -0.05) is 12.0 Å². The zero-order valence-electron chi connectivity index (χ0n) is 14.9. The summed E-state index contributed by atoms with van der Waals surface area (Å²) in [6.45, 7) is 4.56. The molecule has 2 heterocycles. The van der Waals surface area contributed by atoms with E-state index in [1.165, 1.54) is 18.2 Å². The van der Waals surface area contributed by atoms with Crippen LogP contribution in [0.15, 0.2) is 28.1 Å². The van der Waals surface area contributed by atoms with Crippen molar-refractivity contribution in [2.75, 3.05) is 26.3 Å². The number of rotatable bonds is 5. The lowest BCUT2D eigenvalue weighted by atomic mass is 10.1. The fraction of sp³-hybridized carbons (Fsp3) is 0.400. The molecule has 136 valence electrons. The summed E-state index contributed by atoms with van der Waals surface area (Å²) in [5.74, 6) is 3.48. The van der Waals surface area contributed by atoms with E-state index in [0.717, 1.165) is 36.7 Å². The van der Waals surface area contributed by atoms with Gasteiger partial charge in [-0.15, -0.1) is 6.42 Å². The third kappa shape index (κ3) is 4.41. The average Bonchev–Trinajstić information content (AvgIpc) is 3.03. The zero-order valence-corrected chi connectivity index (χ0v) is 15.7. The van der Waals surface area contributed by atoms with Crippen molar-refractivity contribution in [2.24, 2.45) is 4.99 Å². The molecule has 26 heavy (non-hydrogen) atoms. The average molecular weight is 370 g/mol. The molecule has 0 saturated carbocycles. The van der Waals surface area contributed by atoms with E-state index in [9.17, 15) is 4.79 Å². The molecule has 6 heteroatoms. The first kappa shape index (κ1) is 18.4. The second kappa shape index (κ2) is 8.81. The predicted molar refractivity (Wildman–Crippen MR) is 105 cm³/mol. The van der Waals surface area contributed by atoms with Gasteiger partial charge in [-0.2, -0.15) is 4.99 Å². The quantitative estimate of drug-likeness (QED) is 0.586. The first-order valence-electron chi connectivity index (χ1n) is 8.82. The summed E-state index contributed by atoms with van der Waals surface area (Å²) in [6.07, 6.45) is 10.7. The van der Waals surface area contributed by atoms with Crippen LogP contribution in [0.3, 0.4) is 0 Å². The summed E-state index contributed by atoms with van der Waals surface area (Å²) < 4.78 is 11.1. The molecule has 1 aromatic carbocycles. The van der Waals surface area contributed by atoms with Crippen LogP contribution >= 0.6 is 11.8 Å². The van der Waals surface area contributed by atoms with Crippen molar-refractivity contribution >= 4 is 28.9 Å². The monoisotopic (exact) mass is 370 g/mol. The number of amides is 1. The highest BCUT2D eigenvalue weighted by molar-refractivity contribution is 8.18. The van der Waals surface area contributed by atoms with Crippen LogP contribution in [0.4, 0.5) is 0 Å². The Morgan fingerprint density at radius 3 is 2.81 bits per heavy atom. The Bertz CT molecular complexity index is 774. The Labute approximate surface area is 158 Å². The first-order chi connectivity index (χ1) is 12.7. The normalized spacial score (nSPS) is 18.6. The van der Waals surface area contributed by atoms with Gasteiger partial charge < -0.3 is 14.4 Å². The Morgan fingerprint density at radius 1 is 1.27 bits per heavy atom. The number of benzene rings is 1. The van der Waals surface area contributed by atoms with Crippen LogP contribution in [0, 0.1) is 12.3 Å². The van der Waals surface area contributed by atoms with Crippen molar-refractivity contribution in [1.82, 2.24) is 4.90 Å². The molecule has 0 bridgehead atoms. The number of amidine groups is 1. The molecule has 2 aliphatic rings. The molecule has 0 unspecified atom stereocenters. The molecule has 0 radical (unpaired) electrons. The number of aliphatic imine (C=N–C) groups is 1. The maximum atomic E-state index is 12.3. The molecule has 0 atom stereocenters. The third-order valence-electron chi connectivity index (χ3n) is 4.11. The van der Waals surface area contributed by atoms with Gasteiger partial charge in [0.1, 0.15) is 6.61 Å². The molecule has 0 aromatic heterocycles. The van der Waals surface area contributed by atoms with Crippen LogP contribution < -0.4 is 9.47 Å². The van der Waals surface area contributed by atoms with Gasteiger partial charge in [0.2, 0.25) is 0 Å². The number of carbonyl (C=O) groups excluding carboxylic acids is 1. The molecule has 1 saturated heterocycles. The molecule has 1 fully saturated rings. The first-order valence-corrected chi connectivity index (χ1v) is 9.63. The van der Waals surface area contributed by atoms with Crippen LogP contribution in [-0.2, 0) is 4.79 Å². The zero-order chi connectivity index (χ0) is 18.4. The third-order valence-corrected chi connectivity index (χ3v) is 5.16. The number of nitrogens with zero attached hydrogens (tertiary/aromatic N) is 2. The highest BCUT2D eigenvalue weighted by Crippen LogP contribution is 2.34. The number of piperidine rings is 1. The Morgan fingerprint density at radius 2 is 2.08 bits per heavy atom. The van der Waals surface area contributed by atoms with Gasteiger partial charge in [0.25, 0.3) is 5.91 Å². The van der Waals surface area contributed by atoms with Crippen molar-refractivity contribution in [3.8, 4) is 23.8 Å². The Kier molecular flexibility index (Phi) is 6.24. The van der Waals surface area contributed by atoms with E-state index < -0.39 is 0 Å². The van der Waals surface area contributed by atoms with Crippen molar-refractivity contribution in [1.29, 1.82) is 0 Å². The number of thioether (sulfide) groups is 1. The van der Waals surface area contributed by atoms with E-state index in [2.05, 4.69) is 15.8 Å². The molecule has 0 aliphatic carbocycles. The van der Waals surface area contributed by atoms with E-state index in [-0.39, 0.29) is 12.5 Å². The number of carbonyl (C=O) groups is 1. The van der Waals surface area contributed by atoms with Crippen molar-refractivity contribution in [2.45, 2.75) is 26.2 Å². The summed E-state index contributed by atoms with van der Waals surface area (Å²) in [4.78, 5) is 19.3. The maximum absolute atomic E-state index is 12.3. The van der Waals surface area contributed by atoms with Gasteiger partial charge in [0.05, 0.1) is 11.5 Å². The Hall–Kier alpha value is -2.39. The minimum Gasteiger partial charge on any atom is -0.490 e. The van der Waals surface area contributed by atoms with Gasteiger partial charge in [0, 0.05) is 13.1 Å². The molecule has 0 spiro atoms. The fourth-order valence-electron chi connectivity index (χ4n) is 2.89. The maximum Gasteiger partial charge on any atom is 0.286 e. The lowest BCUT2D eigenvalue weighted by molar-refractivity contribution is -0.113. The number of hydrogen-bond donors (Lipinski definition) is 0. The van der Waals surface area contributed by atoms with Gasteiger partial charge in [0.15, 0.2) is 16.7 Å². The smallest absolute Gasteiger partial charge is 0.286 e. The van der Waals surface area contributed by atoms with Crippen LogP contribution in [0.25, 0.3) is 6.08 Å². The predicted octanol–water partition coefficient (Wildman–Crippen LogP) is 3.55. The standard InChI is InChI=1S/C20H22N2O3S/c1-3-12-25-16-9-8-15(13-17(16)24-4-2)14-18-19(23)21-20(26-18)22-10-6-5-7-11-22/h1,8-9,13-14H,4-7,10-12H2,2H3/b18-14-. The van der Waals surface area contributed by atoms with Gasteiger partial charge in [-0.3, -0.25) is 4.79 Å². The van der Waals surface area contributed by atoms with E-state index >= 15 is 0 Å². The summed E-state index contributed by atoms with van der Waals surface area (Å²) in [5, 5.41) is 0.819. The Balaban J connectivity index is 1.76. The molecule has 5 nitrogen and oxygen atoms in total. The van der Waals surface area contributed by atoms with Crippen LogP contribution in [0.2, 0.25) is 0 Å². The highest BCUT2D eigenvalue weighted by atomic mass is 32.2. The summed E-state index contributed by atoms with van der Waals surface area (Å²) in [5.41, 5.74) is 0.868. The second-order valence-corrected chi connectivity index (χ2v) is 7.00. The lowest BCUT2D eigenvalue weighted by Gasteiger charge is -2.27. The summed E-state index contributed by atoms with van der Waals surface area (Å²) in [7, 11) is 0. The molecule has 3 rings (SSSR count). The number of hydrogen-bond acceptors (Lipinski definition) is 5. The number of likely N-dealkylation sites (tertiary alicyclic amines) is 1. The number of ether oxygens (including phenoxy) is 2. The second-order valence-electron chi connectivity index (χ2n) is 5.99. The minimum absolute atomic E-state index is 0.179. The van der Waals surface area contributed by atoms with Gasteiger partial charge in [-0.25, -0.2) is 0 Å². The van der Waals surface area contributed by atoms with Crippen LogP contribution in [-0.4, -0.2) is 42.3 Å². The molecule has 2 aliphatic heterocycles. The topological polar surface area (TPSA) is 51.1 Å². The molecule has 0 N–H and O–H groups in total. The highest BCUT2D eigenvalue weighted by Gasteiger charge is 2.26. The van der Waals surface area contributed by atoms with Crippen molar-refractivity contribution < 1.29 is 14.3 Å². The molecular formula is C20H22N2O3S. The van der Waals surface area contributed by atoms with Crippen LogP contribution in [0.5, 0.6) is 11.5 Å². The SMILES string of the molecule is C#CCOc1ccc(/C=C2\SC(N3CCCCC3)=NC2=O)cc1OCC. The molecule has 1 amide bonds. The molecule has 1 aromatic rings. The van der Waals surface area contributed by atoms with Gasteiger partial charge >= 0.3 is 0 Å². The molecular weight excluding hydrogens is 348 g/mol. The van der Waals surface area contributed by atoms with Crippen molar-refractivity contribution in [3.05, 3.63) is 28.7 Å². The minimum atomic E-state index is -0.179. The van der Waals surface area contributed by atoms with E-state index in [1.54, 1.807) is 0 Å². The van der Waals surface area contributed by atoms with E-state index in [4.69, 9.17) is 15.9 Å². The lowest BCUT2D eigenvalue weighted by Crippen LogP contribution is -2.33. The van der Waals surface area contributed by atoms with E-state index in [1.807, 2.05) is 31.2 Å².